The maximum Gasteiger partial charge on any atom is 0.306 e. The van der Waals surface area contributed by atoms with Crippen LogP contribution in [0, 0.1) is 11.3 Å². The number of amides is 1. The van der Waals surface area contributed by atoms with Crippen molar-refractivity contribution < 1.29 is 19.1 Å². The van der Waals surface area contributed by atoms with Gasteiger partial charge in [-0.1, -0.05) is 0 Å². The normalized spacial score (nSPS) is 9.61. The second-order valence-electron chi connectivity index (χ2n) is 3.59. The molecule has 0 saturated heterocycles. The molecule has 0 bridgehead atoms. The maximum absolute atomic E-state index is 11.8. The maximum atomic E-state index is 11.8. The number of hydrogen-bond donors (Lipinski definition) is 0. The van der Waals surface area contributed by atoms with E-state index in [-0.39, 0.29) is 31.1 Å². The number of carbonyl (C=O) groups excluding carboxylic acids is 2. The van der Waals surface area contributed by atoms with Crippen LogP contribution in [0.5, 0.6) is 0 Å². The SMILES string of the molecule is CCOC(=O)CCC(=O)N(CCC#N)CCOC. The molecule has 0 aromatic heterocycles. The van der Waals surface area contributed by atoms with E-state index in [0.717, 1.165) is 0 Å². The van der Waals surface area contributed by atoms with E-state index in [0.29, 0.717) is 26.3 Å². The Bertz CT molecular complexity index is 299. The summed E-state index contributed by atoms with van der Waals surface area (Å²) in [5.74, 6) is -0.534. The van der Waals surface area contributed by atoms with Crippen molar-refractivity contribution in [3.63, 3.8) is 0 Å². The van der Waals surface area contributed by atoms with Gasteiger partial charge in [-0.15, -0.1) is 0 Å². The van der Waals surface area contributed by atoms with Crippen molar-refractivity contribution >= 4 is 11.9 Å². The summed E-state index contributed by atoms with van der Waals surface area (Å²) in [6.07, 6.45) is 0.450. The minimum atomic E-state index is -0.377. The highest BCUT2D eigenvalue weighted by Crippen LogP contribution is 2.01. The summed E-state index contributed by atoms with van der Waals surface area (Å²) in [6, 6.07) is 1.99. The molecule has 102 valence electrons. The third-order valence-corrected chi connectivity index (χ3v) is 2.26. The van der Waals surface area contributed by atoms with Crippen molar-refractivity contribution in [2.45, 2.75) is 26.2 Å². The Morgan fingerprint density at radius 3 is 2.56 bits per heavy atom. The van der Waals surface area contributed by atoms with Gasteiger partial charge in [-0.25, -0.2) is 0 Å². The lowest BCUT2D eigenvalue weighted by Crippen LogP contribution is -2.34. The summed E-state index contributed by atoms with van der Waals surface area (Å²) in [6.45, 7) is 3.24. The summed E-state index contributed by atoms with van der Waals surface area (Å²) in [5.41, 5.74) is 0. The fraction of sp³-hybridized carbons (Fsp3) is 0.750. The number of carbonyl (C=O) groups is 2. The van der Waals surface area contributed by atoms with Crippen molar-refractivity contribution in [1.82, 2.24) is 4.90 Å². The quantitative estimate of drug-likeness (QED) is 0.568. The summed E-state index contributed by atoms with van der Waals surface area (Å²) >= 11 is 0. The lowest BCUT2D eigenvalue weighted by atomic mass is 10.2. The molecule has 0 heterocycles. The minimum absolute atomic E-state index is 0.0721. The van der Waals surface area contributed by atoms with Crippen LogP contribution in [0.2, 0.25) is 0 Å². The van der Waals surface area contributed by atoms with Crippen molar-refractivity contribution in [3.05, 3.63) is 0 Å². The van der Waals surface area contributed by atoms with Gasteiger partial charge in [0.25, 0.3) is 0 Å². The van der Waals surface area contributed by atoms with E-state index in [1.54, 1.807) is 14.0 Å². The van der Waals surface area contributed by atoms with Crippen LogP contribution in [0.15, 0.2) is 0 Å². The molecule has 0 saturated carbocycles. The van der Waals surface area contributed by atoms with E-state index < -0.39 is 0 Å². The second-order valence-corrected chi connectivity index (χ2v) is 3.59. The third kappa shape index (κ3) is 7.63. The Kier molecular flexibility index (Phi) is 9.60. The van der Waals surface area contributed by atoms with Gasteiger partial charge < -0.3 is 14.4 Å². The Morgan fingerprint density at radius 2 is 2.00 bits per heavy atom. The van der Waals surface area contributed by atoms with Crippen LogP contribution in [0.25, 0.3) is 0 Å². The summed E-state index contributed by atoms with van der Waals surface area (Å²) in [4.78, 5) is 24.5. The van der Waals surface area contributed by atoms with Gasteiger partial charge >= 0.3 is 5.97 Å². The van der Waals surface area contributed by atoms with Gasteiger partial charge in [0, 0.05) is 26.6 Å². The minimum Gasteiger partial charge on any atom is -0.466 e. The number of nitrogens with zero attached hydrogens (tertiary/aromatic N) is 2. The molecule has 0 aliphatic rings. The zero-order chi connectivity index (χ0) is 13.8. The van der Waals surface area contributed by atoms with Crippen LogP contribution in [0.4, 0.5) is 0 Å². The van der Waals surface area contributed by atoms with Gasteiger partial charge in [-0.3, -0.25) is 9.59 Å². The summed E-state index contributed by atoms with van der Waals surface area (Å²) < 4.78 is 9.65. The van der Waals surface area contributed by atoms with Crippen molar-refractivity contribution in [1.29, 1.82) is 5.26 Å². The molecular weight excluding hydrogens is 236 g/mol. The molecule has 6 heteroatoms. The van der Waals surface area contributed by atoms with Crippen molar-refractivity contribution in [2.24, 2.45) is 0 Å². The first-order valence-corrected chi connectivity index (χ1v) is 5.95. The Hall–Kier alpha value is -1.61. The molecule has 0 fully saturated rings. The smallest absolute Gasteiger partial charge is 0.306 e. The first kappa shape index (κ1) is 16.4. The fourth-order valence-electron chi connectivity index (χ4n) is 1.35. The van der Waals surface area contributed by atoms with E-state index >= 15 is 0 Å². The molecule has 0 radical (unpaired) electrons. The van der Waals surface area contributed by atoms with Crippen LogP contribution in [0.1, 0.15) is 26.2 Å². The van der Waals surface area contributed by atoms with Crippen LogP contribution in [0.3, 0.4) is 0 Å². The van der Waals surface area contributed by atoms with Crippen molar-refractivity contribution in [3.8, 4) is 6.07 Å². The molecule has 0 aromatic rings. The van der Waals surface area contributed by atoms with Crippen LogP contribution in [-0.2, 0) is 19.1 Å². The van der Waals surface area contributed by atoms with Crippen molar-refractivity contribution in [2.75, 3.05) is 33.4 Å². The first-order chi connectivity index (χ1) is 8.65. The van der Waals surface area contributed by atoms with Gasteiger partial charge in [0.05, 0.1) is 32.1 Å². The Balaban J connectivity index is 4.11. The summed E-state index contributed by atoms with van der Waals surface area (Å²) in [7, 11) is 1.55. The molecular formula is C12H20N2O4. The molecule has 0 aliphatic carbocycles. The average molecular weight is 256 g/mol. The zero-order valence-corrected chi connectivity index (χ0v) is 11.0. The molecule has 0 aromatic carbocycles. The number of hydrogen-bond acceptors (Lipinski definition) is 5. The van der Waals surface area contributed by atoms with Gasteiger partial charge in [-0.05, 0) is 6.92 Å². The van der Waals surface area contributed by atoms with E-state index in [4.69, 9.17) is 14.7 Å². The highest BCUT2D eigenvalue weighted by atomic mass is 16.5. The first-order valence-electron chi connectivity index (χ1n) is 5.95. The lowest BCUT2D eigenvalue weighted by Gasteiger charge is -2.20. The van der Waals surface area contributed by atoms with Gasteiger partial charge in [0.2, 0.25) is 5.91 Å². The van der Waals surface area contributed by atoms with Gasteiger partial charge in [-0.2, -0.15) is 5.26 Å². The molecule has 0 spiro atoms. The van der Waals surface area contributed by atoms with E-state index in [9.17, 15) is 9.59 Å². The fourth-order valence-corrected chi connectivity index (χ4v) is 1.35. The Morgan fingerprint density at radius 1 is 1.28 bits per heavy atom. The second kappa shape index (κ2) is 10.5. The average Bonchev–Trinajstić information content (AvgIpc) is 2.36. The Labute approximate surface area is 107 Å². The van der Waals surface area contributed by atoms with Gasteiger partial charge in [0.1, 0.15) is 0 Å². The molecule has 0 atom stereocenters. The van der Waals surface area contributed by atoms with E-state index in [2.05, 4.69) is 0 Å². The van der Waals surface area contributed by atoms with E-state index in [1.165, 1.54) is 4.90 Å². The molecule has 0 aliphatic heterocycles. The lowest BCUT2D eigenvalue weighted by molar-refractivity contribution is -0.145. The number of esters is 1. The highest BCUT2D eigenvalue weighted by molar-refractivity contribution is 5.81. The zero-order valence-electron chi connectivity index (χ0n) is 11.0. The molecule has 0 unspecified atom stereocenters. The van der Waals surface area contributed by atoms with E-state index in [1.807, 2.05) is 6.07 Å². The standard InChI is InChI=1S/C12H20N2O4/c1-3-18-12(16)6-5-11(15)14(8-4-7-13)9-10-17-2/h3-6,8-10H2,1-2H3. The number of rotatable bonds is 9. The predicted molar refractivity (Wildman–Crippen MR) is 64.6 cm³/mol. The van der Waals surface area contributed by atoms with Crippen LogP contribution >= 0.6 is 0 Å². The molecule has 18 heavy (non-hydrogen) atoms. The molecule has 0 rings (SSSR count). The monoisotopic (exact) mass is 256 g/mol. The number of methoxy groups -OCH3 is 1. The largest absolute Gasteiger partial charge is 0.466 e. The predicted octanol–water partition coefficient (Wildman–Crippen LogP) is 0.718. The molecule has 6 nitrogen and oxygen atoms in total. The van der Waals surface area contributed by atoms with Gasteiger partial charge in [0.15, 0.2) is 0 Å². The number of ether oxygens (including phenoxy) is 2. The topological polar surface area (TPSA) is 79.6 Å². The highest BCUT2D eigenvalue weighted by Gasteiger charge is 2.14. The van der Waals surface area contributed by atoms with Crippen LogP contribution < -0.4 is 0 Å². The third-order valence-electron chi connectivity index (χ3n) is 2.26. The molecule has 1 amide bonds. The number of nitriles is 1. The van der Waals surface area contributed by atoms with Crippen LogP contribution in [-0.4, -0.2) is 50.2 Å². The molecule has 0 N–H and O–H groups in total. The summed E-state index contributed by atoms with van der Waals surface area (Å²) in [5, 5.41) is 8.52.